The van der Waals surface area contributed by atoms with Crippen LogP contribution in [0.25, 0.3) is 10.9 Å². The van der Waals surface area contributed by atoms with Crippen molar-refractivity contribution in [3.05, 3.63) is 48.0 Å². The molecule has 1 aliphatic rings. The Bertz CT molecular complexity index is 1340. The number of rotatable bonds is 8. The second-order valence-corrected chi connectivity index (χ2v) is 10.5. The van der Waals surface area contributed by atoms with Crippen molar-refractivity contribution in [2.24, 2.45) is 0 Å². The van der Waals surface area contributed by atoms with Crippen LogP contribution in [0.2, 0.25) is 0 Å². The molecule has 0 bridgehead atoms. The first-order chi connectivity index (χ1) is 16.1. The summed E-state index contributed by atoms with van der Waals surface area (Å²) in [6.45, 7) is 4.40. The maximum absolute atomic E-state index is 14.0. The highest BCUT2D eigenvalue weighted by atomic mass is 32.2. The number of amides is 1. The average molecular weight is 488 g/mol. The molecule has 34 heavy (non-hydrogen) atoms. The van der Waals surface area contributed by atoms with E-state index in [4.69, 9.17) is 9.47 Å². The van der Waals surface area contributed by atoms with E-state index < -0.39 is 21.6 Å². The molecule has 11 heteroatoms. The van der Waals surface area contributed by atoms with Crippen LogP contribution in [-0.4, -0.2) is 57.6 Å². The Balaban J connectivity index is 1.62. The molecule has 1 fully saturated rings. The molecule has 2 unspecified atom stereocenters. The molecule has 2 aromatic carbocycles. The van der Waals surface area contributed by atoms with E-state index in [9.17, 15) is 13.4 Å². The van der Waals surface area contributed by atoms with Crippen molar-refractivity contribution in [2.45, 2.75) is 26.0 Å². The summed E-state index contributed by atoms with van der Waals surface area (Å²) in [5.41, 5.74) is 2.50. The van der Waals surface area contributed by atoms with Crippen LogP contribution in [0.15, 0.2) is 36.7 Å². The maximum Gasteiger partial charge on any atom is 0.261 e. The van der Waals surface area contributed by atoms with Gasteiger partial charge in [0, 0.05) is 33.1 Å². The Morgan fingerprint density at radius 2 is 2.06 bits per heavy atom. The highest BCUT2D eigenvalue weighted by Crippen LogP contribution is 2.33. The van der Waals surface area contributed by atoms with E-state index >= 15 is 0 Å². The molecule has 0 aliphatic carbocycles. The number of aryl methyl sites for hydroxylation is 1. The summed E-state index contributed by atoms with van der Waals surface area (Å²) in [6.07, 6.45) is 2.05. The molecule has 1 aliphatic heterocycles. The van der Waals surface area contributed by atoms with Crippen molar-refractivity contribution in [2.75, 3.05) is 29.5 Å². The number of fused-ring (bicyclic) bond motifs is 1. The molecule has 0 saturated carbocycles. The molecule has 0 spiro atoms. The molecule has 3 aromatic rings. The smallest absolute Gasteiger partial charge is 0.261 e. The standard InChI is InChI=1S/C23H26FN5O4S/c1-13-7-16(29-34(3,4)31)9-19-21(13)22(26-12-25-19)28-18-6-5-15(24)8-20(18)33-14(2)23(30)27-17-10-32-11-17/h5-9,12,14,17H,3,10-11H2,1-2,4H3,(H,27,30)(H,29,31)(H,25,26,28). The molecule has 2 atom stereocenters. The zero-order chi connectivity index (χ0) is 24.5. The third kappa shape index (κ3) is 5.54. The van der Waals surface area contributed by atoms with E-state index in [1.54, 1.807) is 13.0 Å². The predicted octanol–water partition coefficient (Wildman–Crippen LogP) is 2.78. The van der Waals surface area contributed by atoms with Crippen LogP contribution in [0.1, 0.15) is 12.5 Å². The minimum absolute atomic E-state index is 0.0389. The summed E-state index contributed by atoms with van der Waals surface area (Å²) in [5.74, 6) is 3.44. The normalized spacial score (nSPS) is 16.2. The summed E-state index contributed by atoms with van der Waals surface area (Å²) in [6, 6.07) is 7.55. The molecule has 3 N–H and O–H groups in total. The van der Waals surface area contributed by atoms with Crippen LogP contribution >= 0.6 is 0 Å². The van der Waals surface area contributed by atoms with Crippen LogP contribution in [0.4, 0.5) is 21.6 Å². The van der Waals surface area contributed by atoms with Gasteiger partial charge in [-0.2, -0.15) is 0 Å². The lowest BCUT2D eigenvalue weighted by atomic mass is 10.1. The number of hydrogen-bond donors (Lipinski definition) is 3. The molecule has 9 nitrogen and oxygen atoms in total. The van der Waals surface area contributed by atoms with E-state index in [0.29, 0.717) is 35.9 Å². The van der Waals surface area contributed by atoms with Crippen LogP contribution in [0.3, 0.4) is 0 Å². The van der Waals surface area contributed by atoms with Gasteiger partial charge in [0.15, 0.2) is 6.10 Å². The topological polar surface area (TPSA) is 114 Å². The molecule has 1 aromatic heterocycles. The van der Waals surface area contributed by atoms with E-state index in [0.717, 1.165) is 10.9 Å². The Hall–Kier alpha value is -3.44. The van der Waals surface area contributed by atoms with Crippen LogP contribution < -0.4 is 20.1 Å². The number of benzene rings is 2. The van der Waals surface area contributed by atoms with Gasteiger partial charge >= 0.3 is 0 Å². The highest BCUT2D eigenvalue weighted by Gasteiger charge is 2.25. The second-order valence-electron chi connectivity index (χ2n) is 8.29. The van der Waals surface area contributed by atoms with Crippen molar-refractivity contribution in [3.8, 4) is 5.75 Å². The monoisotopic (exact) mass is 487 g/mol. The van der Waals surface area contributed by atoms with Crippen molar-refractivity contribution in [1.29, 1.82) is 0 Å². The van der Waals surface area contributed by atoms with Gasteiger partial charge in [0.05, 0.1) is 30.5 Å². The Morgan fingerprint density at radius 1 is 1.29 bits per heavy atom. The Labute approximate surface area is 197 Å². The first-order valence-corrected chi connectivity index (χ1v) is 12.7. The third-order valence-corrected chi connectivity index (χ3v) is 5.79. The second kappa shape index (κ2) is 9.43. The molecular weight excluding hydrogens is 461 g/mol. The molecule has 1 amide bonds. The SMILES string of the molecule is C=S(C)(=O)Nc1cc(C)c2c(Nc3ccc(F)cc3OC(C)C(=O)NC3COC3)ncnc2c1. The summed E-state index contributed by atoms with van der Waals surface area (Å²) < 4.78 is 39.8. The number of hydrogen-bond acceptors (Lipinski definition) is 7. The van der Waals surface area contributed by atoms with E-state index in [-0.39, 0.29) is 17.7 Å². The predicted molar refractivity (Wildman–Crippen MR) is 132 cm³/mol. The number of halogens is 1. The van der Waals surface area contributed by atoms with Gasteiger partial charge in [-0.15, -0.1) is 0 Å². The number of ether oxygens (including phenoxy) is 2. The number of carbonyl (C=O) groups is 1. The molecule has 2 heterocycles. The van der Waals surface area contributed by atoms with Gasteiger partial charge in [-0.05, 0) is 49.5 Å². The van der Waals surface area contributed by atoms with E-state index in [2.05, 4.69) is 31.2 Å². The van der Waals surface area contributed by atoms with Gasteiger partial charge in [0.2, 0.25) is 0 Å². The summed E-state index contributed by atoms with van der Waals surface area (Å²) in [7, 11) is -2.46. The highest BCUT2D eigenvalue weighted by molar-refractivity contribution is 8.00. The number of nitrogens with one attached hydrogen (secondary N) is 3. The maximum atomic E-state index is 14.0. The number of nitrogens with zero attached hydrogens (tertiary/aromatic N) is 2. The lowest BCUT2D eigenvalue weighted by molar-refractivity contribution is -0.131. The lowest BCUT2D eigenvalue weighted by Crippen LogP contribution is -2.52. The fourth-order valence-corrected chi connectivity index (χ4v) is 4.12. The number of anilines is 3. The summed E-state index contributed by atoms with van der Waals surface area (Å²) >= 11 is 0. The lowest BCUT2D eigenvalue weighted by Gasteiger charge is -2.28. The largest absolute Gasteiger partial charge is 0.479 e. The van der Waals surface area contributed by atoms with Crippen molar-refractivity contribution in [3.63, 3.8) is 0 Å². The first kappa shape index (κ1) is 23.7. The molecule has 0 radical (unpaired) electrons. The Kier molecular flexibility index (Phi) is 6.58. The number of carbonyl (C=O) groups excluding carboxylic acids is 1. The van der Waals surface area contributed by atoms with Crippen LogP contribution in [0.5, 0.6) is 5.75 Å². The first-order valence-electron chi connectivity index (χ1n) is 10.6. The zero-order valence-corrected chi connectivity index (χ0v) is 19.9. The fourth-order valence-electron chi connectivity index (χ4n) is 3.50. The van der Waals surface area contributed by atoms with Gasteiger partial charge in [-0.1, -0.05) is 0 Å². The molecule has 1 saturated heterocycles. The van der Waals surface area contributed by atoms with Gasteiger partial charge < -0.3 is 24.8 Å². The number of aromatic nitrogens is 2. The van der Waals surface area contributed by atoms with Crippen molar-refractivity contribution in [1.82, 2.24) is 15.3 Å². The molecule has 4 rings (SSSR count). The van der Waals surface area contributed by atoms with Gasteiger partial charge in [-0.3, -0.25) is 4.79 Å². The summed E-state index contributed by atoms with van der Waals surface area (Å²) in [4.78, 5) is 21.1. The zero-order valence-electron chi connectivity index (χ0n) is 19.1. The minimum Gasteiger partial charge on any atom is -0.479 e. The van der Waals surface area contributed by atoms with Gasteiger partial charge in [-0.25, -0.2) is 18.6 Å². The average Bonchev–Trinajstić information content (AvgIpc) is 2.71. The quantitative estimate of drug-likeness (QED) is 0.419. The van der Waals surface area contributed by atoms with E-state index in [1.165, 1.54) is 30.8 Å². The Morgan fingerprint density at radius 3 is 2.74 bits per heavy atom. The molecule has 180 valence electrons. The molecular formula is C23H26FN5O4S. The van der Waals surface area contributed by atoms with Crippen LogP contribution in [-0.2, 0) is 19.2 Å². The fraction of sp³-hybridized carbons (Fsp3) is 0.304. The van der Waals surface area contributed by atoms with Gasteiger partial charge in [0.1, 0.15) is 23.7 Å². The van der Waals surface area contributed by atoms with Crippen molar-refractivity contribution < 1.29 is 22.9 Å². The van der Waals surface area contributed by atoms with Crippen molar-refractivity contribution >= 4 is 49.6 Å². The summed E-state index contributed by atoms with van der Waals surface area (Å²) in [5, 5.41) is 6.72. The van der Waals surface area contributed by atoms with E-state index in [1.807, 2.05) is 13.0 Å². The van der Waals surface area contributed by atoms with Crippen LogP contribution in [0, 0.1) is 12.7 Å². The third-order valence-electron chi connectivity index (χ3n) is 5.12. The minimum atomic E-state index is -2.46. The van der Waals surface area contributed by atoms with Gasteiger partial charge in [0.25, 0.3) is 5.91 Å².